The molecule has 3 amide bonds. The number of hydrogen-bond donors (Lipinski definition) is 4. The predicted molar refractivity (Wildman–Crippen MR) is 137 cm³/mol. The monoisotopic (exact) mass is 515 g/mol. The molecule has 6 N–H and O–H groups in total. The first-order valence-corrected chi connectivity index (χ1v) is 12.0. The van der Waals surface area contributed by atoms with Crippen LogP contribution in [0.3, 0.4) is 0 Å². The van der Waals surface area contributed by atoms with Crippen LogP contribution in [0, 0.1) is 5.92 Å². The molecule has 0 saturated heterocycles. The number of anilines is 2. The lowest BCUT2D eigenvalue weighted by Crippen LogP contribution is -2.44. The Morgan fingerprint density at radius 3 is 2.43 bits per heavy atom. The summed E-state index contributed by atoms with van der Waals surface area (Å²) < 4.78 is 3.91. The zero-order valence-corrected chi connectivity index (χ0v) is 20.8. The zero-order chi connectivity index (χ0) is 25.7. The smallest absolute Gasteiger partial charge is 0.273 e. The van der Waals surface area contributed by atoms with E-state index in [1.165, 1.54) is 17.0 Å². The molecule has 3 aromatic rings. The van der Waals surface area contributed by atoms with Crippen molar-refractivity contribution in [1.82, 2.24) is 9.69 Å². The first-order chi connectivity index (χ1) is 16.6. The van der Waals surface area contributed by atoms with Gasteiger partial charge in [-0.25, -0.2) is 0 Å². The van der Waals surface area contributed by atoms with E-state index >= 15 is 0 Å². The van der Waals surface area contributed by atoms with Crippen LogP contribution >= 0.6 is 23.1 Å². The number of phenolic OH excluding ortho intramolecular Hbond substituents is 1. The van der Waals surface area contributed by atoms with Crippen molar-refractivity contribution >= 4 is 52.2 Å². The molecule has 0 bridgehead atoms. The quantitative estimate of drug-likeness (QED) is 0.340. The molecule has 11 heteroatoms. The van der Waals surface area contributed by atoms with Crippen molar-refractivity contribution < 1.29 is 19.5 Å². The molecule has 0 fully saturated rings. The van der Waals surface area contributed by atoms with Gasteiger partial charge in [-0.2, -0.15) is 4.37 Å². The summed E-state index contributed by atoms with van der Waals surface area (Å²) in [6.45, 7) is 4.47. The molecule has 1 atom stereocenters. The summed E-state index contributed by atoms with van der Waals surface area (Å²) in [6.07, 6.45) is 0.739. The fraction of sp³-hybridized carbons (Fsp3) is 0.250. The van der Waals surface area contributed by atoms with Crippen LogP contribution in [0.5, 0.6) is 5.75 Å². The maximum absolute atomic E-state index is 13.9. The minimum Gasteiger partial charge on any atom is -0.508 e. The van der Waals surface area contributed by atoms with Crippen molar-refractivity contribution in [2.75, 3.05) is 17.2 Å². The molecular weight excluding hydrogens is 490 g/mol. The van der Waals surface area contributed by atoms with Gasteiger partial charge in [0.1, 0.15) is 16.7 Å². The Balaban J connectivity index is 2.16. The van der Waals surface area contributed by atoms with Gasteiger partial charge in [-0.1, -0.05) is 43.6 Å². The Morgan fingerprint density at radius 1 is 1.17 bits per heavy atom. The van der Waals surface area contributed by atoms with Gasteiger partial charge in [0.05, 0.1) is 5.69 Å². The number of hydrogen-bond acceptors (Lipinski definition) is 7. The number of primary amides is 1. The van der Waals surface area contributed by atoms with Gasteiger partial charge < -0.3 is 21.9 Å². The number of aromatic hydroxyl groups is 1. The Kier molecular flexibility index (Phi) is 8.31. The lowest BCUT2D eigenvalue weighted by Gasteiger charge is -2.31. The van der Waals surface area contributed by atoms with Crippen molar-refractivity contribution in [3.05, 3.63) is 69.7 Å². The number of aromatic nitrogens is 1. The van der Waals surface area contributed by atoms with Crippen molar-refractivity contribution in [1.29, 1.82) is 0 Å². The predicted octanol–water partition coefficient (Wildman–Crippen LogP) is 3.73. The molecule has 0 unspecified atom stereocenters. The molecule has 3 rings (SSSR count). The lowest BCUT2D eigenvalue weighted by atomic mass is 10.0. The Labute approximate surface area is 211 Å². The number of halogens is 1. The number of nitrogens with two attached hydrogens (primary N) is 2. The van der Waals surface area contributed by atoms with Crippen molar-refractivity contribution in [3.8, 4) is 5.75 Å². The van der Waals surface area contributed by atoms with Gasteiger partial charge in [-0.05, 0) is 53.7 Å². The number of benzene rings is 2. The number of rotatable bonds is 9. The SMILES string of the molecule is CC(C)CCNC(=O)[C@@H](c1ccc(Cl)cc1)N(C(=O)c1snc(C(N)=O)c1N)c1cccc(O)c1. The zero-order valence-electron chi connectivity index (χ0n) is 19.2. The topological polar surface area (TPSA) is 152 Å². The molecule has 0 radical (unpaired) electrons. The number of nitrogen functional groups attached to an aromatic ring is 1. The van der Waals surface area contributed by atoms with Crippen molar-refractivity contribution in [2.45, 2.75) is 26.3 Å². The summed E-state index contributed by atoms with van der Waals surface area (Å²) in [6, 6.07) is 11.3. The van der Waals surface area contributed by atoms with E-state index in [0.29, 0.717) is 34.6 Å². The first-order valence-electron chi connectivity index (χ1n) is 10.8. The average molecular weight is 516 g/mol. The van der Waals surface area contributed by atoms with Gasteiger partial charge in [0.25, 0.3) is 11.8 Å². The van der Waals surface area contributed by atoms with Gasteiger partial charge in [0.15, 0.2) is 5.69 Å². The minimum atomic E-state index is -1.15. The molecule has 2 aromatic carbocycles. The van der Waals surface area contributed by atoms with Crippen molar-refractivity contribution in [3.63, 3.8) is 0 Å². The van der Waals surface area contributed by atoms with Gasteiger partial charge >= 0.3 is 0 Å². The average Bonchev–Trinajstić information content (AvgIpc) is 3.19. The van der Waals surface area contributed by atoms with Crippen molar-refractivity contribution in [2.24, 2.45) is 11.7 Å². The van der Waals surface area contributed by atoms with Gasteiger partial charge in [0, 0.05) is 23.3 Å². The summed E-state index contributed by atoms with van der Waals surface area (Å²) >= 11 is 6.77. The van der Waals surface area contributed by atoms with Crippen LogP contribution in [-0.2, 0) is 4.79 Å². The van der Waals surface area contributed by atoms with E-state index in [1.54, 1.807) is 36.4 Å². The second kappa shape index (κ2) is 11.2. The second-order valence-corrected chi connectivity index (χ2v) is 9.47. The lowest BCUT2D eigenvalue weighted by molar-refractivity contribution is -0.122. The maximum Gasteiger partial charge on any atom is 0.273 e. The number of carbonyl (C=O) groups is 3. The third-order valence-corrected chi connectivity index (χ3v) is 6.30. The summed E-state index contributed by atoms with van der Waals surface area (Å²) in [4.78, 5) is 40.2. The van der Waals surface area contributed by atoms with E-state index in [9.17, 15) is 19.5 Å². The molecule has 0 aliphatic carbocycles. The van der Waals surface area contributed by atoms with E-state index in [1.807, 2.05) is 13.8 Å². The van der Waals surface area contributed by atoms with Crippen LogP contribution in [0.15, 0.2) is 48.5 Å². The summed E-state index contributed by atoms with van der Waals surface area (Å²) in [5.74, 6) is -1.75. The summed E-state index contributed by atoms with van der Waals surface area (Å²) in [5, 5.41) is 13.5. The highest BCUT2D eigenvalue weighted by Gasteiger charge is 2.36. The molecule has 0 aliphatic rings. The maximum atomic E-state index is 13.9. The van der Waals surface area contributed by atoms with Crippen LogP contribution in [0.1, 0.15) is 52.0 Å². The molecule has 0 saturated carbocycles. The van der Waals surface area contributed by atoms with E-state index < -0.39 is 23.8 Å². The highest BCUT2D eigenvalue weighted by atomic mass is 35.5. The Hall–Kier alpha value is -3.63. The van der Waals surface area contributed by atoms with Gasteiger partial charge in [0.2, 0.25) is 5.91 Å². The van der Waals surface area contributed by atoms with E-state index in [4.69, 9.17) is 23.1 Å². The summed E-state index contributed by atoms with van der Waals surface area (Å²) in [7, 11) is 0. The number of nitrogens with zero attached hydrogens (tertiary/aromatic N) is 2. The fourth-order valence-corrected chi connectivity index (χ4v) is 4.28. The standard InChI is InChI=1S/C24H26ClN5O4S/c1-13(2)10-11-28-23(33)20(14-6-8-15(25)9-7-14)30(16-4-3-5-17(31)12-16)24(34)21-18(26)19(22(27)32)29-35-21/h3-9,12-13,20,31H,10-11,26H2,1-2H3,(H2,27,32)(H,28,33)/t20-/m1/s1. The third kappa shape index (κ3) is 6.09. The van der Waals surface area contributed by atoms with Crippen LogP contribution in [0.4, 0.5) is 11.4 Å². The Bertz CT molecular complexity index is 1230. The van der Waals surface area contributed by atoms with Crippen LogP contribution in [0.2, 0.25) is 5.02 Å². The third-order valence-electron chi connectivity index (χ3n) is 5.20. The number of carbonyl (C=O) groups excluding carboxylic acids is 3. The Morgan fingerprint density at radius 2 is 1.86 bits per heavy atom. The molecule has 0 aliphatic heterocycles. The molecule has 35 heavy (non-hydrogen) atoms. The van der Waals surface area contributed by atoms with Gasteiger partial charge in [-0.15, -0.1) is 0 Å². The highest BCUT2D eigenvalue weighted by molar-refractivity contribution is 7.09. The molecular formula is C24H26ClN5O4S. The molecule has 0 spiro atoms. The van der Waals surface area contributed by atoms with Gasteiger partial charge in [-0.3, -0.25) is 19.3 Å². The highest BCUT2D eigenvalue weighted by Crippen LogP contribution is 2.34. The normalized spacial score (nSPS) is 11.8. The number of phenols is 1. The second-order valence-electron chi connectivity index (χ2n) is 8.26. The van der Waals surface area contributed by atoms with Crippen LogP contribution in [0.25, 0.3) is 0 Å². The number of amides is 3. The molecule has 9 nitrogen and oxygen atoms in total. The molecule has 1 heterocycles. The summed E-state index contributed by atoms with van der Waals surface area (Å²) in [5.41, 5.74) is 11.7. The molecule has 1 aromatic heterocycles. The molecule has 184 valence electrons. The van der Waals surface area contributed by atoms with Crippen LogP contribution in [-0.4, -0.2) is 33.7 Å². The first kappa shape index (κ1) is 26.0. The largest absolute Gasteiger partial charge is 0.508 e. The fourth-order valence-electron chi connectivity index (χ4n) is 3.41. The van der Waals surface area contributed by atoms with Crippen LogP contribution < -0.4 is 21.7 Å². The van der Waals surface area contributed by atoms with E-state index in [-0.39, 0.29) is 27.7 Å². The van der Waals surface area contributed by atoms with E-state index in [0.717, 1.165) is 6.42 Å². The number of nitrogens with one attached hydrogen (secondary N) is 1. The minimum absolute atomic E-state index is 0.0592. The van der Waals surface area contributed by atoms with E-state index in [2.05, 4.69) is 9.69 Å².